The Hall–Kier alpha value is -0.0400. The molecule has 0 aromatic rings. The van der Waals surface area contributed by atoms with Gasteiger partial charge in [0.25, 0.3) is 0 Å². The molecule has 1 nitrogen and oxygen atoms in total. The average molecular weight is 213 g/mol. The molecule has 0 aliphatic heterocycles. The highest BCUT2D eigenvalue weighted by Gasteiger charge is 2.24. The van der Waals surface area contributed by atoms with Crippen LogP contribution in [0.4, 0.5) is 0 Å². The summed E-state index contributed by atoms with van der Waals surface area (Å²) >= 11 is 0. The van der Waals surface area contributed by atoms with Crippen LogP contribution in [-0.4, -0.2) is 6.54 Å². The Morgan fingerprint density at radius 3 is 1.87 bits per heavy atom. The third-order valence-corrected chi connectivity index (χ3v) is 3.80. The summed E-state index contributed by atoms with van der Waals surface area (Å²) < 4.78 is 0. The van der Waals surface area contributed by atoms with Crippen molar-refractivity contribution in [2.45, 2.75) is 78.6 Å². The molecular weight excluding hydrogens is 182 g/mol. The van der Waals surface area contributed by atoms with Crippen LogP contribution in [0.2, 0.25) is 0 Å². The lowest BCUT2D eigenvalue weighted by Gasteiger charge is -2.31. The molecule has 0 radical (unpaired) electrons. The minimum atomic E-state index is 0.462. The van der Waals surface area contributed by atoms with Crippen LogP contribution in [0.25, 0.3) is 0 Å². The number of rotatable bonds is 10. The fourth-order valence-electron chi connectivity index (χ4n) is 2.31. The van der Waals surface area contributed by atoms with Crippen molar-refractivity contribution in [1.82, 2.24) is 0 Å². The fourth-order valence-corrected chi connectivity index (χ4v) is 2.31. The molecule has 0 saturated carbocycles. The summed E-state index contributed by atoms with van der Waals surface area (Å²) in [6, 6.07) is 0. The highest BCUT2D eigenvalue weighted by molar-refractivity contribution is 4.78. The summed E-state index contributed by atoms with van der Waals surface area (Å²) in [4.78, 5) is 0. The smallest absolute Gasteiger partial charge is 0.00206 e. The van der Waals surface area contributed by atoms with Crippen LogP contribution in [0.5, 0.6) is 0 Å². The summed E-state index contributed by atoms with van der Waals surface area (Å²) in [5, 5.41) is 0. The Morgan fingerprint density at radius 1 is 0.800 bits per heavy atom. The van der Waals surface area contributed by atoms with E-state index in [4.69, 9.17) is 5.73 Å². The molecule has 0 aromatic carbocycles. The molecule has 1 unspecified atom stereocenters. The Balaban J connectivity index is 3.88. The van der Waals surface area contributed by atoms with Crippen LogP contribution >= 0.6 is 0 Å². The second-order valence-corrected chi connectivity index (χ2v) is 4.97. The molecular formula is C14H31N. The van der Waals surface area contributed by atoms with Gasteiger partial charge in [-0.05, 0) is 31.2 Å². The fraction of sp³-hybridized carbons (Fsp3) is 1.00. The first-order chi connectivity index (χ1) is 7.24. The van der Waals surface area contributed by atoms with Gasteiger partial charge in [0.1, 0.15) is 0 Å². The van der Waals surface area contributed by atoms with Crippen molar-refractivity contribution in [2.24, 2.45) is 11.1 Å². The lowest BCUT2D eigenvalue weighted by Crippen LogP contribution is -2.29. The van der Waals surface area contributed by atoms with Crippen LogP contribution in [0, 0.1) is 5.41 Å². The van der Waals surface area contributed by atoms with Crippen LogP contribution in [-0.2, 0) is 0 Å². The van der Waals surface area contributed by atoms with Crippen molar-refractivity contribution >= 4 is 0 Å². The number of nitrogens with two attached hydrogens (primary N) is 1. The Bertz CT molecular complexity index is 127. The van der Waals surface area contributed by atoms with Crippen LogP contribution in [0.1, 0.15) is 78.6 Å². The van der Waals surface area contributed by atoms with E-state index in [1.54, 1.807) is 0 Å². The van der Waals surface area contributed by atoms with Gasteiger partial charge in [0, 0.05) is 0 Å². The second kappa shape index (κ2) is 9.21. The zero-order valence-electron chi connectivity index (χ0n) is 11.1. The van der Waals surface area contributed by atoms with E-state index in [0.717, 1.165) is 6.54 Å². The van der Waals surface area contributed by atoms with Crippen molar-refractivity contribution in [3.63, 3.8) is 0 Å². The first kappa shape index (κ1) is 15.0. The third-order valence-electron chi connectivity index (χ3n) is 3.80. The lowest BCUT2D eigenvalue weighted by atomic mass is 9.76. The number of unbranched alkanes of at least 4 members (excludes halogenated alkanes) is 4. The highest BCUT2D eigenvalue weighted by atomic mass is 14.6. The first-order valence-corrected chi connectivity index (χ1v) is 6.94. The molecule has 1 heteroatoms. The van der Waals surface area contributed by atoms with Crippen molar-refractivity contribution < 1.29 is 0 Å². The molecule has 0 aliphatic rings. The molecule has 0 spiro atoms. The van der Waals surface area contributed by atoms with E-state index in [1.807, 2.05) is 0 Å². The monoisotopic (exact) mass is 213 g/mol. The minimum absolute atomic E-state index is 0.462. The molecule has 1 atom stereocenters. The van der Waals surface area contributed by atoms with Crippen molar-refractivity contribution in [2.75, 3.05) is 6.54 Å². The zero-order valence-corrected chi connectivity index (χ0v) is 11.1. The number of hydrogen-bond donors (Lipinski definition) is 1. The zero-order chi connectivity index (χ0) is 11.6. The van der Waals surface area contributed by atoms with Crippen molar-refractivity contribution in [3.05, 3.63) is 0 Å². The van der Waals surface area contributed by atoms with E-state index in [9.17, 15) is 0 Å². The van der Waals surface area contributed by atoms with Crippen molar-refractivity contribution in [3.8, 4) is 0 Å². The van der Waals surface area contributed by atoms with Gasteiger partial charge in [-0.3, -0.25) is 0 Å². The van der Waals surface area contributed by atoms with Gasteiger partial charge in [0.05, 0.1) is 0 Å². The maximum absolute atomic E-state index is 5.97. The molecule has 0 aliphatic carbocycles. The maximum atomic E-state index is 5.97. The quantitative estimate of drug-likeness (QED) is 0.531. The van der Waals surface area contributed by atoms with Gasteiger partial charge in [-0.15, -0.1) is 0 Å². The van der Waals surface area contributed by atoms with E-state index < -0.39 is 0 Å². The van der Waals surface area contributed by atoms with Gasteiger partial charge >= 0.3 is 0 Å². The van der Waals surface area contributed by atoms with E-state index in [2.05, 4.69) is 20.8 Å². The van der Waals surface area contributed by atoms with E-state index in [0.29, 0.717) is 5.41 Å². The van der Waals surface area contributed by atoms with Gasteiger partial charge in [-0.2, -0.15) is 0 Å². The largest absolute Gasteiger partial charge is 0.330 e. The molecule has 92 valence electrons. The van der Waals surface area contributed by atoms with Gasteiger partial charge in [0.15, 0.2) is 0 Å². The summed E-state index contributed by atoms with van der Waals surface area (Å²) in [5.74, 6) is 0. The predicted octanol–water partition coefficient (Wildman–Crippen LogP) is 4.50. The van der Waals surface area contributed by atoms with Gasteiger partial charge < -0.3 is 5.73 Å². The third kappa shape index (κ3) is 6.19. The maximum Gasteiger partial charge on any atom is -0.00206 e. The SMILES string of the molecule is CCCCCCC(CC)(CN)CCCC. The summed E-state index contributed by atoms with van der Waals surface area (Å²) in [7, 11) is 0. The number of hydrogen-bond acceptors (Lipinski definition) is 1. The lowest BCUT2D eigenvalue weighted by molar-refractivity contribution is 0.224. The molecule has 0 rings (SSSR count). The second-order valence-electron chi connectivity index (χ2n) is 4.97. The Kier molecular flexibility index (Phi) is 9.18. The van der Waals surface area contributed by atoms with E-state index in [-0.39, 0.29) is 0 Å². The van der Waals surface area contributed by atoms with Crippen LogP contribution < -0.4 is 5.73 Å². The molecule has 0 bridgehead atoms. The van der Waals surface area contributed by atoms with Crippen LogP contribution in [0.15, 0.2) is 0 Å². The predicted molar refractivity (Wildman–Crippen MR) is 70.1 cm³/mol. The Morgan fingerprint density at radius 2 is 1.40 bits per heavy atom. The van der Waals surface area contributed by atoms with Crippen molar-refractivity contribution in [1.29, 1.82) is 0 Å². The van der Waals surface area contributed by atoms with E-state index >= 15 is 0 Å². The molecule has 15 heavy (non-hydrogen) atoms. The Labute approximate surface area is 96.8 Å². The van der Waals surface area contributed by atoms with Gasteiger partial charge in [-0.1, -0.05) is 59.3 Å². The summed E-state index contributed by atoms with van der Waals surface area (Å²) in [6.45, 7) is 7.74. The first-order valence-electron chi connectivity index (χ1n) is 6.94. The molecule has 0 aromatic heterocycles. The summed E-state index contributed by atoms with van der Waals surface area (Å²) in [6.07, 6.45) is 12.1. The summed E-state index contributed by atoms with van der Waals surface area (Å²) in [5.41, 5.74) is 6.44. The topological polar surface area (TPSA) is 26.0 Å². The minimum Gasteiger partial charge on any atom is -0.330 e. The molecule has 0 fully saturated rings. The molecule has 0 heterocycles. The highest BCUT2D eigenvalue weighted by Crippen LogP contribution is 2.33. The molecule has 0 amide bonds. The average Bonchev–Trinajstić information content (AvgIpc) is 2.29. The molecule has 0 saturated heterocycles. The van der Waals surface area contributed by atoms with Gasteiger partial charge in [0.2, 0.25) is 0 Å². The van der Waals surface area contributed by atoms with Crippen LogP contribution in [0.3, 0.4) is 0 Å². The molecule has 2 N–H and O–H groups in total. The van der Waals surface area contributed by atoms with E-state index in [1.165, 1.54) is 57.8 Å². The van der Waals surface area contributed by atoms with Gasteiger partial charge in [-0.25, -0.2) is 0 Å². The normalized spacial score (nSPS) is 15.2. The standard InChI is InChI=1S/C14H31N/c1-4-7-9-10-12-14(6-3,13-15)11-8-5-2/h4-13,15H2,1-3H3.